The summed E-state index contributed by atoms with van der Waals surface area (Å²) in [4.78, 5) is 17.2. The van der Waals surface area contributed by atoms with Crippen LogP contribution in [-0.2, 0) is 4.79 Å². The number of nitriles is 1. The number of rotatable bonds is 5. The number of halogens is 1. The molecule has 0 aliphatic heterocycles. The summed E-state index contributed by atoms with van der Waals surface area (Å²) in [5.41, 5.74) is 1.67. The lowest BCUT2D eigenvalue weighted by Crippen LogP contribution is -2.13. The van der Waals surface area contributed by atoms with E-state index in [4.69, 9.17) is 16.0 Å². The van der Waals surface area contributed by atoms with Gasteiger partial charge in [0, 0.05) is 27.8 Å². The third-order valence-electron chi connectivity index (χ3n) is 4.39. The molecule has 3 atom stereocenters. The van der Waals surface area contributed by atoms with Crippen molar-refractivity contribution in [2.24, 2.45) is 5.92 Å². The van der Waals surface area contributed by atoms with Gasteiger partial charge in [0.25, 0.3) is 0 Å². The highest BCUT2D eigenvalue weighted by Crippen LogP contribution is 2.50. The number of aromatic nitrogens is 1. The second-order valence-electron chi connectivity index (χ2n) is 6.01. The van der Waals surface area contributed by atoms with Crippen molar-refractivity contribution in [2.45, 2.75) is 18.3 Å². The Bertz CT molecular complexity index is 941. The maximum absolute atomic E-state index is 12.7. The van der Waals surface area contributed by atoms with Crippen molar-refractivity contribution in [3.63, 3.8) is 0 Å². The van der Waals surface area contributed by atoms with Crippen LogP contribution in [0.4, 0.5) is 0 Å². The number of hydrogen-bond acceptors (Lipinski definition) is 5. The molecule has 124 valence electrons. The van der Waals surface area contributed by atoms with Gasteiger partial charge in [-0.2, -0.15) is 5.26 Å². The zero-order valence-electron chi connectivity index (χ0n) is 13.1. The molecule has 3 aromatic rings. The molecule has 1 aliphatic carbocycles. The molecular weight excluding hydrogens is 356 g/mol. The molecule has 0 radical (unpaired) electrons. The number of thiazole rings is 1. The first-order valence-electron chi connectivity index (χ1n) is 7.85. The molecule has 1 saturated carbocycles. The van der Waals surface area contributed by atoms with Gasteiger partial charge in [-0.05, 0) is 30.7 Å². The molecule has 0 saturated heterocycles. The molecule has 2 aromatic heterocycles. The second-order valence-corrected chi connectivity index (χ2v) is 7.33. The van der Waals surface area contributed by atoms with E-state index in [-0.39, 0.29) is 17.6 Å². The molecular formula is C19H13ClN2O2S. The molecule has 0 spiro atoms. The van der Waals surface area contributed by atoms with Crippen molar-refractivity contribution in [1.82, 2.24) is 4.98 Å². The average molecular weight is 369 g/mol. The first kappa shape index (κ1) is 16.1. The van der Waals surface area contributed by atoms with Gasteiger partial charge in [-0.1, -0.05) is 23.7 Å². The number of carbonyl (C=O) groups excluding carboxylic acids is 1. The molecule has 1 aromatic carbocycles. The maximum Gasteiger partial charge on any atom is 0.160 e. The van der Waals surface area contributed by atoms with E-state index in [0.717, 1.165) is 23.4 Å². The molecule has 2 heterocycles. The Kier molecular flexibility index (Phi) is 4.16. The monoisotopic (exact) mass is 368 g/mol. The highest BCUT2D eigenvalue weighted by molar-refractivity contribution is 7.10. The molecule has 4 nitrogen and oxygen atoms in total. The molecule has 1 fully saturated rings. The fourth-order valence-electron chi connectivity index (χ4n) is 2.95. The Balaban J connectivity index is 1.53. The van der Waals surface area contributed by atoms with Crippen LogP contribution < -0.4 is 0 Å². The summed E-state index contributed by atoms with van der Waals surface area (Å²) in [6.45, 7) is 0. The second kappa shape index (κ2) is 6.47. The van der Waals surface area contributed by atoms with Crippen molar-refractivity contribution >= 4 is 28.7 Å². The first-order valence-corrected chi connectivity index (χ1v) is 9.11. The fraction of sp³-hybridized carbons (Fsp3) is 0.211. The summed E-state index contributed by atoms with van der Waals surface area (Å²) >= 11 is 7.25. The minimum absolute atomic E-state index is 0.0686. The first-order chi connectivity index (χ1) is 12.2. The number of benzene rings is 1. The predicted molar refractivity (Wildman–Crippen MR) is 95.5 cm³/mol. The normalized spacial score (nSPS) is 20.0. The van der Waals surface area contributed by atoms with E-state index in [1.54, 1.807) is 18.4 Å². The standard InChI is InChI=1S/C19H13ClN2O2S/c20-12-5-3-11(4-6-12)16-10-25-19(22-16)15(9-21)18(23)14-8-13(14)17-2-1-7-24-17/h1-7,10,13-15H,8H2. The van der Waals surface area contributed by atoms with Crippen molar-refractivity contribution < 1.29 is 9.21 Å². The van der Waals surface area contributed by atoms with Gasteiger partial charge in [-0.15, -0.1) is 11.3 Å². The molecule has 25 heavy (non-hydrogen) atoms. The van der Waals surface area contributed by atoms with Crippen LogP contribution in [0, 0.1) is 17.2 Å². The highest BCUT2D eigenvalue weighted by atomic mass is 35.5. The summed E-state index contributed by atoms with van der Waals surface area (Å²) in [7, 11) is 0. The zero-order chi connectivity index (χ0) is 17.4. The van der Waals surface area contributed by atoms with Gasteiger partial charge in [-0.25, -0.2) is 4.98 Å². The lowest BCUT2D eigenvalue weighted by molar-refractivity contribution is -0.120. The van der Waals surface area contributed by atoms with Gasteiger partial charge in [-0.3, -0.25) is 4.79 Å². The smallest absolute Gasteiger partial charge is 0.160 e. The molecule has 4 rings (SSSR count). The van der Waals surface area contributed by atoms with E-state index in [1.165, 1.54) is 11.3 Å². The summed E-state index contributed by atoms with van der Waals surface area (Å²) in [6, 6.07) is 13.1. The van der Waals surface area contributed by atoms with E-state index in [9.17, 15) is 10.1 Å². The van der Waals surface area contributed by atoms with E-state index >= 15 is 0 Å². The number of carbonyl (C=O) groups is 1. The van der Waals surface area contributed by atoms with Crippen LogP contribution in [0.3, 0.4) is 0 Å². The van der Waals surface area contributed by atoms with Gasteiger partial charge in [0.1, 0.15) is 10.8 Å². The molecule has 0 bridgehead atoms. The van der Waals surface area contributed by atoms with Crippen LogP contribution >= 0.6 is 22.9 Å². The van der Waals surface area contributed by atoms with Gasteiger partial charge in [0.05, 0.1) is 18.0 Å². The molecule has 0 amide bonds. The largest absolute Gasteiger partial charge is 0.469 e. The van der Waals surface area contributed by atoms with Crippen LogP contribution in [0.5, 0.6) is 0 Å². The third-order valence-corrected chi connectivity index (χ3v) is 5.55. The van der Waals surface area contributed by atoms with Crippen molar-refractivity contribution in [3.05, 3.63) is 63.8 Å². The van der Waals surface area contributed by atoms with Gasteiger partial charge >= 0.3 is 0 Å². The molecule has 3 unspecified atom stereocenters. The SMILES string of the molecule is N#CC(C(=O)C1CC1c1ccco1)c1nc(-c2ccc(Cl)cc2)cs1. The van der Waals surface area contributed by atoms with Crippen molar-refractivity contribution in [2.75, 3.05) is 0 Å². The predicted octanol–water partition coefficient (Wildman–Crippen LogP) is 5.04. The summed E-state index contributed by atoms with van der Waals surface area (Å²) in [5, 5.41) is 12.6. The molecule has 0 N–H and O–H groups in total. The van der Waals surface area contributed by atoms with E-state index in [2.05, 4.69) is 11.1 Å². The average Bonchev–Trinajstić information content (AvgIpc) is 3.01. The van der Waals surface area contributed by atoms with Crippen LogP contribution in [-0.4, -0.2) is 10.8 Å². The minimum Gasteiger partial charge on any atom is -0.469 e. The Hall–Kier alpha value is -2.42. The number of nitrogens with zero attached hydrogens (tertiary/aromatic N) is 2. The summed E-state index contributed by atoms with van der Waals surface area (Å²) in [5.74, 6) is -0.138. The topological polar surface area (TPSA) is 66.9 Å². The Labute approximate surface area is 153 Å². The molecule has 1 aliphatic rings. The molecule has 6 heteroatoms. The third kappa shape index (κ3) is 3.11. The van der Waals surface area contributed by atoms with Gasteiger partial charge < -0.3 is 4.42 Å². The van der Waals surface area contributed by atoms with Crippen LogP contribution in [0.2, 0.25) is 5.02 Å². The Morgan fingerprint density at radius 1 is 1.36 bits per heavy atom. The van der Waals surface area contributed by atoms with Gasteiger partial charge in [0.15, 0.2) is 11.7 Å². The Morgan fingerprint density at radius 3 is 2.84 bits per heavy atom. The number of furan rings is 1. The van der Waals surface area contributed by atoms with E-state index in [1.807, 2.05) is 29.6 Å². The fourth-order valence-corrected chi connectivity index (χ4v) is 3.96. The van der Waals surface area contributed by atoms with Crippen LogP contribution in [0.1, 0.15) is 29.0 Å². The van der Waals surface area contributed by atoms with Crippen LogP contribution in [0.25, 0.3) is 11.3 Å². The minimum atomic E-state index is -0.823. The van der Waals surface area contributed by atoms with Gasteiger partial charge in [0.2, 0.25) is 0 Å². The number of hydrogen-bond donors (Lipinski definition) is 0. The van der Waals surface area contributed by atoms with Crippen LogP contribution in [0.15, 0.2) is 52.5 Å². The summed E-state index contributed by atoms with van der Waals surface area (Å²) in [6.07, 6.45) is 2.34. The van der Waals surface area contributed by atoms with E-state index < -0.39 is 5.92 Å². The lowest BCUT2D eigenvalue weighted by atomic mass is 10.0. The maximum atomic E-state index is 12.7. The van der Waals surface area contributed by atoms with Crippen molar-refractivity contribution in [3.8, 4) is 17.3 Å². The summed E-state index contributed by atoms with van der Waals surface area (Å²) < 4.78 is 5.37. The number of Topliss-reactive ketones (excluding diaryl/α,β-unsaturated/α-hetero) is 1. The van der Waals surface area contributed by atoms with E-state index in [0.29, 0.717) is 10.0 Å². The zero-order valence-corrected chi connectivity index (χ0v) is 14.6. The highest BCUT2D eigenvalue weighted by Gasteiger charge is 2.48. The Morgan fingerprint density at radius 2 is 2.16 bits per heavy atom. The van der Waals surface area contributed by atoms with Crippen molar-refractivity contribution in [1.29, 1.82) is 5.26 Å². The number of ketones is 1. The lowest BCUT2D eigenvalue weighted by Gasteiger charge is -2.04. The quantitative estimate of drug-likeness (QED) is 0.633.